The summed E-state index contributed by atoms with van der Waals surface area (Å²) in [5.74, 6) is -0.288. The third-order valence-corrected chi connectivity index (χ3v) is 14.0. The minimum atomic E-state index is -1.98. The number of nitrogens with one attached hydrogen (secondary N) is 1. The number of rotatable bonds is 39. The Balaban J connectivity index is 1.55. The topological polar surface area (TPSA) is 307 Å². The number of carbonyl (C=O) groups excluding carboxylic acids is 1. The normalized spacial score (nSPS) is 32.2. The molecule has 3 aliphatic rings. The van der Waals surface area contributed by atoms with E-state index in [1.807, 2.05) is 6.08 Å². The molecule has 19 heteroatoms. The molecule has 0 aliphatic carbocycles. The van der Waals surface area contributed by atoms with Gasteiger partial charge in [0.1, 0.15) is 73.2 Å². The summed E-state index contributed by atoms with van der Waals surface area (Å²) >= 11 is 0. The van der Waals surface area contributed by atoms with E-state index in [4.69, 9.17) is 28.4 Å². The molecule has 422 valence electrons. The van der Waals surface area contributed by atoms with Crippen molar-refractivity contribution >= 4 is 5.91 Å². The van der Waals surface area contributed by atoms with Gasteiger partial charge in [0, 0.05) is 6.42 Å². The fourth-order valence-corrected chi connectivity index (χ4v) is 9.38. The first-order valence-corrected chi connectivity index (χ1v) is 27.6. The van der Waals surface area contributed by atoms with Gasteiger partial charge in [-0.05, 0) is 32.1 Å². The van der Waals surface area contributed by atoms with Crippen LogP contribution in [0.2, 0.25) is 0 Å². The number of aliphatic hydroxyl groups is 11. The van der Waals surface area contributed by atoms with E-state index in [-0.39, 0.29) is 18.9 Å². The first-order chi connectivity index (χ1) is 34.8. The van der Waals surface area contributed by atoms with Gasteiger partial charge >= 0.3 is 0 Å². The Morgan fingerprint density at radius 2 is 0.889 bits per heavy atom. The summed E-state index contributed by atoms with van der Waals surface area (Å²) in [5, 5.41) is 120. The van der Waals surface area contributed by atoms with E-state index < -0.39 is 124 Å². The van der Waals surface area contributed by atoms with Gasteiger partial charge in [0.15, 0.2) is 18.9 Å². The minimum Gasteiger partial charge on any atom is -0.394 e. The van der Waals surface area contributed by atoms with Gasteiger partial charge in [0.25, 0.3) is 0 Å². The van der Waals surface area contributed by atoms with Crippen LogP contribution in [0, 0.1) is 0 Å². The van der Waals surface area contributed by atoms with Gasteiger partial charge in [-0.3, -0.25) is 4.79 Å². The first kappa shape index (κ1) is 64.6. The molecule has 0 saturated carbocycles. The summed E-state index contributed by atoms with van der Waals surface area (Å²) in [4.78, 5) is 13.2. The number of carbonyl (C=O) groups is 1. The predicted molar refractivity (Wildman–Crippen MR) is 268 cm³/mol. The van der Waals surface area contributed by atoms with Gasteiger partial charge < -0.3 is 89.9 Å². The standard InChI is InChI=1S/C53H97NO18/c1-3-5-7-9-11-13-15-16-17-18-19-21-22-24-26-28-30-37(58)36(54-41(59)31-29-27-25-23-20-14-12-10-8-6-4-2)35-67-51-47(65)44(62)49(39(33-56)69-51)72-53-48(66)45(63)50(40(34-57)70-53)71-52-46(64)43(61)42(60)38(32-55)68-52/h21-22,28,30,36-40,42-53,55-58,60-66H,3-20,23-27,29,31-35H2,1-2H3,(H,54,59)/b22-21+,30-28+. The summed E-state index contributed by atoms with van der Waals surface area (Å²) in [5.41, 5.74) is 0. The van der Waals surface area contributed by atoms with Gasteiger partial charge in [0.2, 0.25) is 5.91 Å². The zero-order valence-corrected chi connectivity index (χ0v) is 43.4. The van der Waals surface area contributed by atoms with E-state index in [0.717, 1.165) is 38.5 Å². The Bertz CT molecular complexity index is 1430. The molecule has 0 aromatic heterocycles. The molecule has 0 spiro atoms. The maximum absolute atomic E-state index is 13.2. The maximum atomic E-state index is 13.2. The highest BCUT2D eigenvalue weighted by atomic mass is 16.8. The highest BCUT2D eigenvalue weighted by Gasteiger charge is 2.53. The lowest BCUT2D eigenvalue weighted by atomic mass is 9.96. The van der Waals surface area contributed by atoms with Crippen LogP contribution in [0.25, 0.3) is 0 Å². The Morgan fingerprint density at radius 3 is 1.39 bits per heavy atom. The van der Waals surface area contributed by atoms with Crippen molar-refractivity contribution in [1.82, 2.24) is 5.32 Å². The molecular weight excluding hydrogens is 939 g/mol. The van der Waals surface area contributed by atoms with Crippen molar-refractivity contribution in [3.05, 3.63) is 24.3 Å². The van der Waals surface area contributed by atoms with Crippen molar-refractivity contribution in [3.63, 3.8) is 0 Å². The lowest BCUT2D eigenvalue weighted by Crippen LogP contribution is -2.66. The number of hydrogen-bond donors (Lipinski definition) is 12. The van der Waals surface area contributed by atoms with Crippen LogP contribution in [0.5, 0.6) is 0 Å². The van der Waals surface area contributed by atoms with Crippen LogP contribution in [0.3, 0.4) is 0 Å². The highest BCUT2D eigenvalue weighted by molar-refractivity contribution is 5.76. The molecule has 17 unspecified atom stereocenters. The Hall–Kier alpha value is -1.73. The van der Waals surface area contributed by atoms with Gasteiger partial charge in [-0.15, -0.1) is 0 Å². The van der Waals surface area contributed by atoms with Crippen LogP contribution < -0.4 is 5.32 Å². The minimum absolute atomic E-state index is 0.238. The smallest absolute Gasteiger partial charge is 0.220 e. The molecule has 0 bridgehead atoms. The van der Waals surface area contributed by atoms with Gasteiger partial charge in [-0.2, -0.15) is 0 Å². The molecule has 3 fully saturated rings. The Morgan fingerprint density at radius 1 is 0.486 bits per heavy atom. The fraction of sp³-hybridized carbons (Fsp3) is 0.906. The number of amides is 1. The summed E-state index contributed by atoms with van der Waals surface area (Å²) in [6, 6.07) is -0.983. The van der Waals surface area contributed by atoms with E-state index in [9.17, 15) is 61.0 Å². The molecule has 0 radical (unpaired) electrons. The summed E-state index contributed by atoms with van der Waals surface area (Å²) < 4.78 is 34.1. The van der Waals surface area contributed by atoms with Crippen molar-refractivity contribution in [2.24, 2.45) is 0 Å². The highest BCUT2D eigenvalue weighted by Crippen LogP contribution is 2.33. The Labute approximate surface area is 428 Å². The van der Waals surface area contributed by atoms with Gasteiger partial charge in [0.05, 0.1) is 38.6 Å². The molecule has 3 aliphatic heterocycles. The van der Waals surface area contributed by atoms with Crippen molar-refractivity contribution < 1.29 is 89.4 Å². The monoisotopic (exact) mass is 1040 g/mol. The van der Waals surface area contributed by atoms with Gasteiger partial charge in [-0.1, -0.05) is 160 Å². The predicted octanol–water partition coefficient (Wildman–Crippen LogP) is 3.20. The fourth-order valence-electron chi connectivity index (χ4n) is 9.38. The molecule has 0 aromatic rings. The van der Waals surface area contributed by atoms with E-state index in [1.54, 1.807) is 6.08 Å². The van der Waals surface area contributed by atoms with E-state index in [1.165, 1.54) is 103 Å². The van der Waals surface area contributed by atoms with Crippen LogP contribution in [0.15, 0.2) is 24.3 Å². The van der Waals surface area contributed by atoms with Crippen LogP contribution in [-0.4, -0.2) is 193 Å². The van der Waals surface area contributed by atoms with Crippen LogP contribution in [0.1, 0.15) is 174 Å². The maximum Gasteiger partial charge on any atom is 0.220 e. The molecular formula is C53H97NO18. The van der Waals surface area contributed by atoms with Crippen LogP contribution in [-0.2, 0) is 33.2 Å². The molecule has 72 heavy (non-hydrogen) atoms. The molecule has 12 N–H and O–H groups in total. The summed E-state index contributed by atoms with van der Waals surface area (Å²) in [6.45, 7) is 1.66. The van der Waals surface area contributed by atoms with E-state index in [0.29, 0.717) is 12.8 Å². The number of aliphatic hydroxyl groups excluding tert-OH is 11. The average Bonchev–Trinajstić information content (AvgIpc) is 3.37. The van der Waals surface area contributed by atoms with Gasteiger partial charge in [-0.25, -0.2) is 0 Å². The second kappa shape index (κ2) is 37.9. The molecule has 3 heterocycles. The second-order valence-electron chi connectivity index (χ2n) is 20.0. The van der Waals surface area contributed by atoms with Crippen molar-refractivity contribution in [1.29, 1.82) is 0 Å². The van der Waals surface area contributed by atoms with Crippen molar-refractivity contribution in [2.75, 3.05) is 26.4 Å². The number of unbranched alkanes of at least 4 members (excludes halogenated alkanes) is 21. The molecule has 0 aromatic carbocycles. The summed E-state index contributed by atoms with van der Waals surface area (Å²) in [6.07, 6.45) is 8.93. The number of hydrogen-bond acceptors (Lipinski definition) is 18. The molecule has 17 atom stereocenters. The molecule has 19 nitrogen and oxygen atoms in total. The zero-order valence-electron chi connectivity index (χ0n) is 43.4. The molecule has 3 saturated heterocycles. The van der Waals surface area contributed by atoms with Crippen molar-refractivity contribution in [2.45, 2.75) is 279 Å². The number of allylic oxidation sites excluding steroid dienone is 3. The second-order valence-corrected chi connectivity index (χ2v) is 20.0. The van der Waals surface area contributed by atoms with Crippen LogP contribution >= 0.6 is 0 Å². The number of ether oxygens (including phenoxy) is 6. The average molecular weight is 1040 g/mol. The van der Waals surface area contributed by atoms with E-state index in [2.05, 4.69) is 31.3 Å². The Kier molecular flexibility index (Phi) is 34.0. The zero-order chi connectivity index (χ0) is 52.7. The van der Waals surface area contributed by atoms with Crippen molar-refractivity contribution in [3.8, 4) is 0 Å². The molecule has 1 amide bonds. The third-order valence-electron chi connectivity index (χ3n) is 14.0. The van der Waals surface area contributed by atoms with E-state index >= 15 is 0 Å². The van der Waals surface area contributed by atoms with Crippen LogP contribution in [0.4, 0.5) is 0 Å². The lowest BCUT2D eigenvalue weighted by Gasteiger charge is -2.48. The SMILES string of the molecule is CCCCCCCCCCCC/C=C/CC/C=C/C(O)C(COC1OC(CO)C(OC2OC(CO)C(OC3OC(CO)C(O)C(O)C3O)C(O)C2O)C(O)C1O)NC(=O)CCCCCCCCCCCCC. The quantitative estimate of drug-likeness (QED) is 0.0311. The largest absolute Gasteiger partial charge is 0.394 e. The third kappa shape index (κ3) is 22.9. The lowest BCUT2D eigenvalue weighted by molar-refractivity contribution is -0.379. The molecule has 3 rings (SSSR count). The summed E-state index contributed by atoms with van der Waals surface area (Å²) in [7, 11) is 0. The first-order valence-electron chi connectivity index (χ1n) is 27.6.